The van der Waals surface area contributed by atoms with E-state index in [1.165, 1.54) is 12.4 Å². The summed E-state index contributed by atoms with van der Waals surface area (Å²) in [5.41, 5.74) is 2.67. The molecule has 37 heavy (non-hydrogen) atoms. The number of hydrogen-bond donors (Lipinski definition) is 1. The Morgan fingerprint density at radius 3 is 2.59 bits per heavy atom. The number of hydrogen-bond acceptors (Lipinski definition) is 7. The van der Waals surface area contributed by atoms with Gasteiger partial charge in [0.25, 0.3) is 5.69 Å². The standard InChI is InChI=1S/C29H25N5O3/c1-18-12-20(9-11-28(18)37-21-6-4-3-5-7-21)32-29-23-14-27(34(35)36)19(13-26(23)30-17-31-29)8-10-22-24-15-33(2)16-25(22)24/h3-7,9,11-14,17,22,24-25H,15-16H2,1-2H3,(H,30,31,32)/t22-,24+,25-. The number of anilines is 2. The van der Waals surface area contributed by atoms with E-state index in [1.54, 1.807) is 6.07 Å². The van der Waals surface area contributed by atoms with Gasteiger partial charge in [0, 0.05) is 36.1 Å². The van der Waals surface area contributed by atoms with Crippen LogP contribution in [-0.4, -0.2) is 39.9 Å². The average Bonchev–Trinajstić information content (AvgIpc) is 3.36. The van der Waals surface area contributed by atoms with Crippen molar-refractivity contribution in [3.8, 4) is 23.3 Å². The van der Waals surface area contributed by atoms with Crippen LogP contribution in [-0.2, 0) is 0 Å². The van der Waals surface area contributed by atoms with E-state index in [2.05, 4.69) is 39.1 Å². The highest BCUT2D eigenvalue weighted by atomic mass is 16.6. The molecule has 1 aromatic heterocycles. The summed E-state index contributed by atoms with van der Waals surface area (Å²) in [4.78, 5) is 22.6. The zero-order chi connectivity index (χ0) is 25.5. The zero-order valence-electron chi connectivity index (χ0n) is 20.5. The van der Waals surface area contributed by atoms with Gasteiger partial charge in [0.1, 0.15) is 29.2 Å². The van der Waals surface area contributed by atoms with E-state index in [0.29, 0.717) is 40.0 Å². The van der Waals surface area contributed by atoms with Crippen molar-refractivity contribution in [3.63, 3.8) is 0 Å². The average molecular weight is 492 g/mol. The van der Waals surface area contributed by atoms with Gasteiger partial charge in [0.05, 0.1) is 10.4 Å². The van der Waals surface area contributed by atoms with Gasteiger partial charge in [-0.2, -0.15) is 0 Å². The predicted octanol–water partition coefficient (Wildman–Crippen LogP) is 5.54. The minimum absolute atomic E-state index is 0.0384. The molecule has 3 atom stereocenters. The summed E-state index contributed by atoms with van der Waals surface area (Å²) in [5, 5.41) is 15.8. The minimum Gasteiger partial charge on any atom is -0.457 e. The maximum atomic E-state index is 11.9. The monoisotopic (exact) mass is 491 g/mol. The molecular weight excluding hydrogens is 466 g/mol. The number of nitrogens with zero attached hydrogens (tertiary/aromatic N) is 4. The van der Waals surface area contributed by atoms with Crippen LogP contribution in [0.25, 0.3) is 10.9 Å². The first-order valence-electron chi connectivity index (χ1n) is 12.2. The molecule has 184 valence electrons. The normalized spacial score (nSPS) is 20.1. The summed E-state index contributed by atoms with van der Waals surface area (Å²) < 4.78 is 5.97. The molecule has 1 N–H and O–H groups in total. The third kappa shape index (κ3) is 4.57. The van der Waals surface area contributed by atoms with Gasteiger partial charge in [-0.25, -0.2) is 9.97 Å². The van der Waals surface area contributed by atoms with Crippen LogP contribution in [0.4, 0.5) is 17.2 Å². The maximum absolute atomic E-state index is 11.9. The molecule has 2 heterocycles. The van der Waals surface area contributed by atoms with Crippen molar-refractivity contribution in [1.82, 2.24) is 14.9 Å². The summed E-state index contributed by atoms with van der Waals surface area (Å²) in [5.74, 6) is 9.87. The topological polar surface area (TPSA) is 93.4 Å². The fourth-order valence-corrected chi connectivity index (χ4v) is 5.15. The Hall–Kier alpha value is -4.48. The van der Waals surface area contributed by atoms with Crippen LogP contribution in [0.1, 0.15) is 11.1 Å². The minimum atomic E-state index is -0.387. The molecule has 3 aromatic carbocycles. The number of nitrogens with one attached hydrogen (secondary N) is 1. The number of fused-ring (bicyclic) bond motifs is 2. The van der Waals surface area contributed by atoms with E-state index in [4.69, 9.17) is 4.74 Å². The molecule has 0 amide bonds. The Bertz CT molecular complexity index is 1570. The lowest BCUT2D eigenvalue weighted by Crippen LogP contribution is -2.18. The zero-order valence-corrected chi connectivity index (χ0v) is 20.5. The van der Waals surface area contributed by atoms with E-state index >= 15 is 0 Å². The number of nitro groups is 1. The highest BCUT2D eigenvalue weighted by Crippen LogP contribution is 2.50. The highest BCUT2D eigenvalue weighted by Gasteiger charge is 2.54. The highest BCUT2D eigenvalue weighted by molar-refractivity contribution is 5.93. The first-order chi connectivity index (χ1) is 18.0. The van der Waals surface area contributed by atoms with Crippen molar-refractivity contribution in [2.24, 2.45) is 17.8 Å². The molecule has 4 aromatic rings. The lowest BCUT2D eigenvalue weighted by atomic mass is 10.1. The lowest BCUT2D eigenvalue weighted by Gasteiger charge is -2.12. The third-order valence-corrected chi connectivity index (χ3v) is 7.11. The van der Waals surface area contributed by atoms with Gasteiger partial charge in [0.15, 0.2) is 0 Å². The Labute approximate surface area is 214 Å². The molecule has 0 bridgehead atoms. The van der Waals surface area contributed by atoms with Gasteiger partial charge in [-0.05, 0) is 67.8 Å². The van der Waals surface area contributed by atoms with Crippen molar-refractivity contribution in [3.05, 3.63) is 88.2 Å². The molecule has 0 spiro atoms. The Kier molecular flexibility index (Phi) is 5.70. The fraction of sp³-hybridized carbons (Fsp3) is 0.241. The second-order valence-electron chi connectivity index (χ2n) is 9.73. The second-order valence-corrected chi connectivity index (χ2v) is 9.73. The van der Waals surface area contributed by atoms with Crippen LogP contribution >= 0.6 is 0 Å². The molecule has 0 unspecified atom stereocenters. The number of piperidine rings is 1. The van der Waals surface area contributed by atoms with Gasteiger partial charge in [-0.15, -0.1) is 0 Å². The van der Waals surface area contributed by atoms with Crippen molar-refractivity contribution in [2.75, 3.05) is 25.5 Å². The predicted molar refractivity (Wildman–Crippen MR) is 142 cm³/mol. The number of aromatic nitrogens is 2. The molecule has 0 radical (unpaired) electrons. The lowest BCUT2D eigenvalue weighted by molar-refractivity contribution is -0.385. The van der Waals surface area contributed by atoms with Crippen LogP contribution < -0.4 is 10.1 Å². The van der Waals surface area contributed by atoms with Crippen molar-refractivity contribution < 1.29 is 9.66 Å². The third-order valence-electron chi connectivity index (χ3n) is 7.11. The molecule has 8 nitrogen and oxygen atoms in total. The molecule has 8 heteroatoms. The molecule has 2 fully saturated rings. The van der Waals surface area contributed by atoms with Crippen molar-refractivity contribution in [2.45, 2.75) is 6.92 Å². The Balaban J connectivity index is 1.27. The van der Waals surface area contributed by atoms with E-state index in [1.807, 2.05) is 55.5 Å². The van der Waals surface area contributed by atoms with E-state index in [0.717, 1.165) is 35.8 Å². The Morgan fingerprint density at radius 2 is 1.86 bits per heavy atom. The largest absolute Gasteiger partial charge is 0.457 e. The molecule has 1 aliphatic carbocycles. The maximum Gasteiger partial charge on any atom is 0.285 e. The van der Waals surface area contributed by atoms with Crippen LogP contribution in [0.2, 0.25) is 0 Å². The molecule has 2 aliphatic rings. The molecular formula is C29H25N5O3. The molecule has 1 saturated heterocycles. The van der Waals surface area contributed by atoms with Crippen LogP contribution in [0.15, 0.2) is 67.0 Å². The quantitative estimate of drug-likeness (QED) is 0.222. The van der Waals surface area contributed by atoms with E-state index in [9.17, 15) is 10.1 Å². The Morgan fingerprint density at radius 1 is 1.08 bits per heavy atom. The SMILES string of the molecule is Cc1cc(Nc2ncnc3cc(C#C[C@H]4[C@H]5CN(C)C[C@@H]45)c([N+](=O)[O-])cc23)ccc1Oc1ccccc1. The summed E-state index contributed by atoms with van der Waals surface area (Å²) in [6.07, 6.45) is 1.45. The molecule has 1 aliphatic heterocycles. The summed E-state index contributed by atoms with van der Waals surface area (Å²) in [6.45, 7) is 4.05. The number of nitro benzene ring substituents is 1. The summed E-state index contributed by atoms with van der Waals surface area (Å²) in [6, 6.07) is 18.5. The second kappa shape index (κ2) is 9.19. The van der Waals surface area contributed by atoms with E-state index in [-0.39, 0.29) is 10.6 Å². The number of para-hydroxylation sites is 1. The number of ether oxygens (including phenoxy) is 1. The van der Waals surface area contributed by atoms with Crippen LogP contribution in [0, 0.1) is 46.6 Å². The summed E-state index contributed by atoms with van der Waals surface area (Å²) >= 11 is 0. The van der Waals surface area contributed by atoms with Gasteiger partial charge in [0.2, 0.25) is 0 Å². The van der Waals surface area contributed by atoms with Gasteiger partial charge < -0.3 is 15.0 Å². The first kappa shape index (κ1) is 23.0. The van der Waals surface area contributed by atoms with Gasteiger partial charge >= 0.3 is 0 Å². The van der Waals surface area contributed by atoms with Crippen molar-refractivity contribution >= 4 is 28.1 Å². The fourth-order valence-electron chi connectivity index (χ4n) is 5.15. The van der Waals surface area contributed by atoms with Crippen molar-refractivity contribution in [1.29, 1.82) is 0 Å². The number of rotatable bonds is 5. The van der Waals surface area contributed by atoms with Gasteiger partial charge in [-0.1, -0.05) is 30.0 Å². The van der Waals surface area contributed by atoms with E-state index < -0.39 is 0 Å². The van der Waals surface area contributed by atoms with Crippen LogP contribution in [0.5, 0.6) is 11.5 Å². The van der Waals surface area contributed by atoms with Crippen LogP contribution in [0.3, 0.4) is 0 Å². The smallest absolute Gasteiger partial charge is 0.285 e. The summed E-state index contributed by atoms with van der Waals surface area (Å²) in [7, 11) is 2.12. The molecule has 1 saturated carbocycles. The number of likely N-dealkylation sites (tertiary alicyclic amines) is 1. The molecule has 6 rings (SSSR count). The first-order valence-corrected chi connectivity index (χ1v) is 12.2. The number of aryl methyl sites for hydroxylation is 1. The van der Waals surface area contributed by atoms with Gasteiger partial charge in [-0.3, -0.25) is 10.1 Å². The number of benzene rings is 3.